The van der Waals surface area contributed by atoms with E-state index in [9.17, 15) is 8.42 Å². The van der Waals surface area contributed by atoms with Crippen molar-refractivity contribution in [1.29, 1.82) is 0 Å². The molecule has 1 aromatic heterocycles. The Hall–Kier alpha value is -0.850. The van der Waals surface area contributed by atoms with E-state index in [4.69, 9.17) is 10.2 Å². The first-order chi connectivity index (χ1) is 9.39. The molecule has 0 aliphatic heterocycles. The minimum absolute atomic E-state index is 0.174. The molecule has 0 atom stereocenters. The first-order valence-corrected chi connectivity index (χ1v) is 8.66. The van der Waals surface area contributed by atoms with Gasteiger partial charge in [0.1, 0.15) is 16.4 Å². The quantitative estimate of drug-likeness (QED) is 0.839. The van der Waals surface area contributed by atoms with E-state index < -0.39 is 10.0 Å². The molecular formula is C14H22N2O3S. The van der Waals surface area contributed by atoms with E-state index >= 15 is 0 Å². The van der Waals surface area contributed by atoms with Gasteiger partial charge < -0.3 is 10.2 Å². The fourth-order valence-electron chi connectivity index (χ4n) is 3.19. The molecule has 2 saturated carbocycles. The highest BCUT2D eigenvalue weighted by molar-refractivity contribution is 7.89. The molecule has 2 aliphatic rings. The fourth-order valence-corrected chi connectivity index (χ4v) is 4.79. The van der Waals surface area contributed by atoms with Gasteiger partial charge in [-0.25, -0.2) is 13.1 Å². The Morgan fingerprint density at radius 1 is 1.30 bits per heavy atom. The van der Waals surface area contributed by atoms with E-state index in [2.05, 4.69) is 4.72 Å². The molecule has 0 radical (unpaired) electrons. The van der Waals surface area contributed by atoms with Crippen LogP contribution in [0.25, 0.3) is 0 Å². The third-order valence-corrected chi connectivity index (χ3v) is 6.34. The van der Waals surface area contributed by atoms with E-state index in [1.807, 2.05) is 0 Å². The number of furan rings is 1. The van der Waals surface area contributed by atoms with E-state index in [0.717, 1.165) is 18.8 Å². The largest absolute Gasteiger partial charge is 0.465 e. The molecule has 20 heavy (non-hydrogen) atoms. The average Bonchev–Trinajstić information content (AvgIpc) is 3.24. The molecule has 0 amide bonds. The van der Waals surface area contributed by atoms with Gasteiger partial charge in [-0.1, -0.05) is 0 Å². The summed E-state index contributed by atoms with van der Waals surface area (Å²) in [5.41, 5.74) is 6.49. The predicted octanol–water partition coefficient (Wildman–Crippen LogP) is 1.82. The van der Waals surface area contributed by atoms with Gasteiger partial charge in [-0.3, -0.25) is 0 Å². The van der Waals surface area contributed by atoms with Gasteiger partial charge in [-0.15, -0.1) is 0 Å². The zero-order valence-corrected chi connectivity index (χ0v) is 12.8. The Balaban J connectivity index is 1.81. The zero-order chi connectivity index (χ0) is 14.5. The number of sulfonamides is 1. The van der Waals surface area contributed by atoms with Crippen molar-refractivity contribution in [3.05, 3.63) is 17.1 Å². The highest BCUT2D eigenvalue weighted by atomic mass is 32.2. The van der Waals surface area contributed by atoms with Crippen molar-refractivity contribution < 1.29 is 12.8 Å². The summed E-state index contributed by atoms with van der Waals surface area (Å²) in [7, 11) is -3.54. The van der Waals surface area contributed by atoms with Crippen molar-refractivity contribution in [1.82, 2.24) is 4.72 Å². The second-order valence-electron chi connectivity index (χ2n) is 6.19. The highest BCUT2D eigenvalue weighted by Gasteiger charge is 2.53. The van der Waals surface area contributed by atoms with Crippen LogP contribution < -0.4 is 10.5 Å². The Morgan fingerprint density at radius 3 is 2.45 bits per heavy atom. The summed E-state index contributed by atoms with van der Waals surface area (Å²) in [5.74, 6) is 1.74. The maximum atomic E-state index is 12.5. The van der Waals surface area contributed by atoms with E-state index in [1.54, 1.807) is 13.8 Å². The number of hydrogen-bond acceptors (Lipinski definition) is 4. The number of nitrogens with two attached hydrogens (primary N) is 1. The topological polar surface area (TPSA) is 85.3 Å². The van der Waals surface area contributed by atoms with Crippen LogP contribution in [0.1, 0.15) is 42.8 Å². The fraction of sp³-hybridized carbons (Fsp3) is 0.714. The van der Waals surface area contributed by atoms with E-state index in [0.29, 0.717) is 23.6 Å². The number of aryl methyl sites for hydroxylation is 2. The lowest BCUT2D eigenvalue weighted by Crippen LogP contribution is -2.32. The van der Waals surface area contributed by atoms with Crippen LogP contribution in [-0.4, -0.2) is 15.0 Å². The summed E-state index contributed by atoms with van der Waals surface area (Å²) in [4.78, 5) is 0.240. The smallest absolute Gasteiger partial charge is 0.244 e. The molecule has 3 N–H and O–H groups in total. The van der Waals surface area contributed by atoms with Crippen LogP contribution in [0, 0.1) is 25.2 Å². The van der Waals surface area contributed by atoms with Crippen LogP contribution in [0.5, 0.6) is 0 Å². The van der Waals surface area contributed by atoms with Gasteiger partial charge in [-0.2, -0.15) is 0 Å². The number of nitrogens with one attached hydrogen (secondary N) is 1. The minimum Gasteiger partial charge on any atom is -0.465 e. The van der Waals surface area contributed by atoms with Crippen molar-refractivity contribution in [3.8, 4) is 0 Å². The average molecular weight is 298 g/mol. The van der Waals surface area contributed by atoms with Crippen LogP contribution in [0.2, 0.25) is 0 Å². The zero-order valence-electron chi connectivity index (χ0n) is 12.0. The Kier molecular flexibility index (Phi) is 3.23. The molecule has 0 bridgehead atoms. The van der Waals surface area contributed by atoms with Crippen LogP contribution in [-0.2, 0) is 16.6 Å². The lowest BCUT2D eigenvalue weighted by atomic mass is 10.0. The Morgan fingerprint density at radius 2 is 1.95 bits per heavy atom. The molecular weight excluding hydrogens is 276 g/mol. The lowest BCUT2D eigenvalue weighted by Gasteiger charge is -2.15. The summed E-state index contributed by atoms with van der Waals surface area (Å²) in [6.07, 6.45) is 4.79. The van der Waals surface area contributed by atoms with Gasteiger partial charge in [-0.05, 0) is 50.9 Å². The normalized spacial score (nSPS) is 21.1. The van der Waals surface area contributed by atoms with Crippen LogP contribution in [0.15, 0.2) is 9.31 Å². The molecule has 0 saturated heterocycles. The molecule has 112 valence electrons. The minimum atomic E-state index is -3.54. The first-order valence-electron chi connectivity index (χ1n) is 7.18. The van der Waals surface area contributed by atoms with Crippen LogP contribution in [0.3, 0.4) is 0 Å². The van der Waals surface area contributed by atoms with Gasteiger partial charge in [0.25, 0.3) is 0 Å². The lowest BCUT2D eigenvalue weighted by molar-refractivity contribution is 0.431. The molecule has 1 aromatic rings. The summed E-state index contributed by atoms with van der Waals surface area (Å²) in [5, 5.41) is 0. The molecule has 6 heteroatoms. The Bertz CT molecular complexity index is 625. The van der Waals surface area contributed by atoms with Gasteiger partial charge >= 0.3 is 0 Å². The summed E-state index contributed by atoms with van der Waals surface area (Å²) < 4.78 is 33.3. The predicted molar refractivity (Wildman–Crippen MR) is 75.7 cm³/mol. The highest BCUT2D eigenvalue weighted by Crippen LogP contribution is 2.60. The number of rotatable bonds is 6. The van der Waals surface area contributed by atoms with Gasteiger partial charge in [0.05, 0.1) is 0 Å². The van der Waals surface area contributed by atoms with Crippen molar-refractivity contribution in [2.45, 2.75) is 51.0 Å². The van der Waals surface area contributed by atoms with E-state index in [1.165, 1.54) is 12.8 Å². The number of hydrogen-bond donors (Lipinski definition) is 2. The van der Waals surface area contributed by atoms with E-state index in [-0.39, 0.29) is 16.9 Å². The standard InChI is InChI=1S/C14H22N2O3S/c1-9-12(7-15)13(10(2)19-9)20(17,18)16-8-14(5-6-14)11-3-4-11/h11,16H,3-8,15H2,1-2H3. The summed E-state index contributed by atoms with van der Waals surface area (Å²) in [6, 6.07) is 0. The second-order valence-corrected chi connectivity index (χ2v) is 7.89. The molecule has 5 nitrogen and oxygen atoms in total. The molecule has 2 fully saturated rings. The van der Waals surface area contributed by atoms with Crippen molar-refractivity contribution in [2.75, 3.05) is 6.54 Å². The van der Waals surface area contributed by atoms with Crippen molar-refractivity contribution in [3.63, 3.8) is 0 Å². The maximum absolute atomic E-state index is 12.5. The molecule has 3 rings (SSSR count). The molecule has 0 unspecified atom stereocenters. The van der Waals surface area contributed by atoms with Crippen molar-refractivity contribution in [2.24, 2.45) is 17.1 Å². The summed E-state index contributed by atoms with van der Waals surface area (Å²) in [6.45, 7) is 4.15. The van der Waals surface area contributed by atoms with Crippen molar-refractivity contribution >= 4 is 10.0 Å². The second kappa shape index (κ2) is 4.58. The third-order valence-electron chi connectivity index (χ3n) is 4.75. The van der Waals surface area contributed by atoms with Crippen LogP contribution >= 0.6 is 0 Å². The molecule has 1 heterocycles. The van der Waals surface area contributed by atoms with Gasteiger partial charge in [0, 0.05) is 18.7 Å². The maximum Gasteiger partial charge on any atom is 0.244 e. The third kappa shape index (κ3) is 2.29. The Labute approximate surface area is 120 Å². The SMILES string of the molecule is Cc1oc(C)c(S(=O)(=O)NCC2(C3CC3)CC2)c1CN. The van der Waals surface area contributed by atoms with Gasteiger partial charge in [0.2, 0.25) is 10.0 Å². The molecule has 2 aliphatic carbocycles. The molecule has 0 spiro atoms. The first kappa shape index (κ1) is 14.1. The van der Waals surface area contributed by atoms with Crippen LogP contribution in [0.4, 0.5) is 0 Å². The molecule has 0 aromatic carbocycles. The monoisotopic (exact) mass is 298 g/mol. The summed E-state index contributed by atoms with van der Waals surface area (Å²) >= 11 is 0. The van der Waals surface area contributed by atoms with Gasteiger partial charge in [0.15, 0.2) is 0 Å².